The highest BCUT2D eigenvalue weighted by atomic mass is 14.5. The van der Waals surface area contributed by atoms with Crippen LogP contribution >= 0.6 is 0 Å². The van der Waals surface area contributed by atoms with Crippen LogP contribution in [0.4, 0.5) is 0 Å². The fraction of sp³-hybridized carbons (Fsp3) is 0.714. The van der Waals surface area contributed by atoms with Crippen LogP contribution in [0.5, 0.6) is 0 Å². The lowest BCUT2D eigenvalue weighted by molar-refractivity contribution is 0.737. The molecule has 8 heavy (non-hydrogen) atoms. The molecule has 0 radical (unpaired) electrons. The molecule has 0 heterocycles. The van der Waals surface area contributed by atoms with Gasteiger partial charge in [0.15, 0.2) is 0 Å². The molecule has 1 nitrogen and oxygen atoms in total. The van der Waals surface area contributed by atoms with E-state index >= 15 is 0 Å². The average molecular weight is 113 g/mol. The van der Waals surface area contributed by atoms with E-state index in [0.717, 1.165) is 13.0 Å². The van der Waals surface area contributed by atoms with Gasteiger partial charge in [-0.2, -0.15) is 0 Å². The van der Waals surface area contributed by atoms with Crippen LogP contribution in [0.1, 0.15) is 20.3 Å². The Bertz CT molecular complexity index is 66.8. The summed E-state index contributed by atoms with van der Waals surface area (Å²) in [7, 11) is 0. The Morgan fingerprint density at radius 2 is 2.25 bits per heavy atom. The molecule has 0 bridgehead atoms. The summed E-state index contributed by atoms with van der Waals surface area (Å²) in [4.78, 5) is 0. The Morgan fingerprint density at radius 3 is 2.62 bits per heavy atom. The summed E-state index contributed by atoms with van der Waals surface area (Å²) in [6.45, 7) is 5.00. The lowest BCUT2D eigenvalue weighted by Crippen LogP contribution is -2.07. The molecule has 0 saturated carbocycles. The highest BCUT2D eigenvalue weighted by molar-refractivity contribution is 4.85. The van der Waals surface area contributed by atoms with Gasteiger partial charge in [-0.25, -0.2) is 0 Å². The van der Waals surface area contributed by atoms with E-state index in [0.29, 0.717) is 5.92 Å². The minimum Gasteiger partial charge on any atom is -0.330 e. The van der Waals surface area contributed by atoms with E-state index in [9.17, 15) is 0 Å². The molecule has 0 aromatic heterocycles. The Morgan fingerprint density at radius 1 is 1.62 bits per heavy atom. The van der Waals surface area contributed by atoms with Gasteiger partial charge in [0.05, 0.1) is 0 Å². The van der Waals surface area contributed by atoms with Gasteiger partial charge >= 0.3 is 0 Å². The summed E-state index contributed by atoms with van der Waals surface area (Å²) in [5.41, 5.74) is 5.36. The number of hydrogen-bond acceptors (Lipinski definition) is 1. The fourth-order valence-electron chi connectivity index (χ4n) is 0.447. The molecule has 1 atom stereocenters. The van der Waals surface area contributed by atoms with E-state index in [4.69, 9.17) is 5.73 Å². The third kappa shape index (κ3) is 3.88. The largest absolute Gasteiger partial charge is 0.330 e. The van der Waals surface area contributed by atoms with Crippen molar-refractivity contribution >= 4 is 0 Å². The molecule has 2 N–H and O–H groups in total. The molecule has 0 aliphatic rings. The smallest absolute Gasteiger partial charge is 0.00168 e. The highest BCUT2D eigenvalue weighted by Crippen LogP contribution is 1.93. The van der Waals surface area contributed by atoms with E-state index in [1.165, 1.54) is 0 Å². The second kappa shape index (κ2) is 4.85. The Labute approximate surface area is 51.6 Å². The maximum atomic E-state index is 5.36. The van der Waals surface area contributed by atoms with Gasteiger partial charge in [0.25, 0.3) is 0 Å². The normalized spacial score (nSPS) is 14.9. The van der Waals surface area contributed by atoms with Crippen LogP contribution in [-0.4, -0.2) is 6.54 Å². The van der Waals surface area contributed by atoms with Crippen LogP contribution in [0, 0.1) is 5.92 Å². The standard InChI is InChI=1S/C7H15N/c1-3-4-5-7(2)6-8/h4-5,7H,3,6,8H2,1-2H3. The summed E-state index contributed by atoms with van der Waals surface area (Å²) in [5, 5.41) is 0. The quantitative estimate of drug-likeness (QED) is 0.552. The first-order valence-corrected chi connectivity index (χ1v) is 3.18. The van der Waals surface area contributed by atoms with Crippen molar-refractivity contribution < 1.29 is 0 Å². The van der Waals surface area contributed by atoms with E-state index in [-0.39, 0.29) is 0 Å². The zero-order valence-electron chi connectivity index (χ0n) is 5.72. The Balaban J connectivity index is 3.21. The Hall–Kier alpha value is -0.300. The molecule has 0 aliphatic heterocycles. The molecule has 0 aromatic rings. The van der Waals surface area contributed by atoms with Gasteiger partial charge in [0.2, 0.25) is 0 Å². The van der Waals surface area contributed by atoms with E-state index in [1.807, 2.05) is 0 Å². The van der Waals surface area contributed by atoms with Gasteiger partial charge in [-0.15, -0.1) is 0 Å². The van der Waals surface area contributed by atoms with E-state index in [1.54, 1.807) is 0 Å². The molecule has 1 heteroatoms. The lowest BCUT2D eigenvalue weighted by atomic mass is 10.1. The highest BCUT2D eigenvalue weighted by Gasteiger charge is 1.87. The Kier molecular flexibility index (Phi) is 4.67. The summed E-state index contributed by atoms with van der Waals surface area (Å²) in [6.07, 6.45) is 5.42. The first-order chi connectivity index (χ1) is 3.81. The maximum absolute atomic E-state index is 5.36. The van der Waals surface area contributed by atoms with Crippen LogP contribution in [0.15, 0.2) is 12.2 Å². The minimum absolute atomic E-state index is 0.551. The molecule has 48 valence electrons. The van der Waals surface area contributed by atoms with Crippen molar-refractivity contribution in [2.75, 3.05) is 6.54 Å². The van der Waals surface area contributed by atoms with Gasteiger partial charge in [0.1, 0.15) is 0 Å². The minimum atomic E-state index is 0.551. The third-order valence-corrected chi connectivity index (χ3v) is 1.07. The summed E-state index contributed by atoms with van der Waals surface area (Å²) in [6, 6.07) is 0. The molecule has 1 unspecified atom stereocenters. The van der Waals surface area contributed by atoms with Crippen molar-refractivity contribution in [3.63, 3.8) is 0 Å². The van der Waals surface area contributed by atoms with Gasteiger partial charge < -0.3 is 5.73 Å². The van der Waals surface area contributed by atoms with Crippen LogP contribution in [0.2, 0.25) is 0 Å². The van der Waals surface area contributed by atoms with Crippen molar-refractivity contribution in [1.29, 1.82) is 0 Å². The zero-order chi connectivity index (χ0) is 6.41. The molecule has 0 rings (SSSR count). The molecular formula is C7H15N. The number of nitrogens with two attached hydrogens (primary N) is 1. The number of hydrogen-bond donors (Lipinski definition) is 1. The first kappa shape index (κ1) is 7.70. The van der Waals surface area contributed by atoms with Crippen LogP contribution in [0.3, 0.4) is 0 Å². The van der Waals surface area contributed by atoms with Crippen LogP contribution < -0.4 is 5.73 Å². The second-order valence-electron chi connectivity index (χ2n) is 2.05. The maximum Gasteiger partial charge on any atom is -0.00168 e. The van der Waals surface area contributed by atoms with Gasteiger partial charge in [-0.05, 0) is 18.9 Å². The topological polar surface area (TPSA) is 26.0 Å². The fourth-order valence-corrected chi connectivity index (χ4v) is 0.447. The van der Waals surface area contributed by atoms with Gasteiger partial charge in [0, 0.05) is 0 Å². The predicted molar refractivity (Wildman–Crippen MR) is 37.6 cm³/mol. The van der Waals surface area contributed by atoms with Crippen LogP contribution in [-0.2, 0) is 0 Å². The van der Waals surface area contributed by atoms with Crippen molar-refractivity contribution in [2.45, 2.75) is 20.3 Å². The molecule has 0 aliphatic carbocycles. The number of allylic oxidation sites excluding steroid dienone is 1. The SMILES string of the molecule is CCC=CC(C)CN. The molecule has 0 spiro atoms. The molecule has 0 fully saturated rings. The van der Waals surface area contributed by atoms with Crippen molar-refractivity contribution in [3.8, 4) is 0 Å². The summed E-state index contributed by atoms with van der Waals surface area (Å²) >= 11 is 0. The van der Waals surface area contributed by atoms with E-state index < -0.39 is 0 Å². The molecule has 0 saturated heterocycles. The monoisotopic (exact) mass is 113 g/mol. The van der Waals surface area contributed by atoms with Gasteiger partial charge in [-0.3, -0.25) is 0 Å². The van der Waals surface area contributed by atoms with Crippen molar-refractivity contribution in [1.82, 2.24) is 0 Å². The molecular weight excluding hydrogens is 98.1 g/mol. The predicted octanol–water partition coefficient (Wildman–Crippen LogP) is 1.55. The summed E-state index contributed by atoms with van der Waals surface area (Å²) < 4.78 is 0. The van der Waals surface area contributed by atoms with Crippen LogP contribution in [0.25, 0.3) is 0 Å². The third-order valence-electron chi connectivity index (χ3n) is 1.07. The molecule has 0 aromatic carbocycles. The molecule has 0 amide bonds. The van der Waals surface area contributed by atoms with Crippen molar-refractivity contribution in [3.05, 3.63) is 12.2 Å². The summed E-state index contributed by atoms with van der Waals surface area (Å²) in [5.74, 6) is 0.551. The zero-order valence-corrected chi connectivity index (χ0v) is 5.72. The first-order valence-electron chi connectivity index (χ1n) is 3.18. The average Bonchev–Trinajstić information content (AvgIpc) is 1.83. The van der Waals surface area contributed by atoms with Gasteiger partial charge in [-0.1, -0.05) is 26.0 Å². The number of rotatable bonds is 3. The van der Waals surface area contributed by atoms with Crippen molar-refractivity contribution in [2.24, 2.45) is 11.7 Å². The second-order valence-corrected chi connectivity index (χ2v) is 2.05. The lowest BCUT2D eigenvalue weighted by Gasteiger charge is -1.96. The van der Waals surface area contributed by atoms with E-state index in [2.05, 4.69) is 26.0 Å².